The van der Waals surface area contributed by atoms with E-state index in [0.717, 1.165) is 9.50 Å². The van der Waals surface area contributed by atoms with E-state index in [9.17, 15) is 4.79 Å². The number of aromatic nitrogens is 1. The summed E-state index contributed by atoms with van der Waals surface area (Å²) in [6.07, 6.45) is 1.73. The molecular formula is C10H13BrN2O2S. The van der Waals surface area contributed by atoms with E-state index in [2.05, 4.69) is 31.0 Å². The standard InChI is InChI=1S/C10H13BrN2O2S/c1-12-8(10(14)15-2)6-16-9-4-3-7(11)5-13-9/h3-5,8,12H,6H2,1-2H3. The van der Waals surface area contributed by atoms with Crippen molar-refractivity contribution in [2.24, 2.45) is 0 Å². The summed E-state index contributed by atoms with van der Waals surface area (Å²) in [4.78, 5) is 15.5. The average Bonchev–Trinajstić information content (AvgIpc) is 2.31. The molecule has 0 aliphatic heterocycles. The second kappa shape index (κ2) is 6.88. The topological polar surface area (TPSA) is 51.2 Å². The monoisotopic (exact) mass is 304 g/mol. The van der Waals surface area contributed by atoms with Crippen molar-refractivity contribution in [2.45, 2.75) is 11.1 Å². The summed E-state index contributed by atoms with van der Waals surface area (Å²) in [5.74, 6) is 0.338. The third-order valence-corrected chi connectivity index (χ3v) is 3.44. The van der Waals surface area contributed by atoms with E-state index in [1.54, 1.807) is 13.2 Å². The number of halogens is 1. The van der Waals surface area contributed by atoms with Crippen molar-refractivity contribution in [3.05, 3.63) is 22.8 Å². The molecule has 1 unspecified atom stereocenters. The van der Waals surface area contributed by atoms with E-state index in [4.69, 9.17) is 0 Å². The molecule has 0 radical (unpaired) electrons. The highest BCUT2D eigenvalue weighted by atomic mass is 79.9. The molecular weight excluding hydrogens is 292 g/mol. The number of hydrogen-bond acceptors (Lipinski definition) is 5. The fourth-order valence-electron chi connectivity index (χ4n) is 1.03. The molecule has 0 aliphatic rings. The number of hydrogen-bond donors (Lipinski definition) is 1. The first-order chi connectivity index (χ1) is 7.67. The summed E-state index contributed by atoms with van der Waals surface area (Å²) < 4.78 is 5.61. The summed E-state index contributed by atoms with van der Waals surface area (Å²) in [6, 6.07) is 3.51. The van der Waals surface area contributed by atoms with Gasteiger partial charge >= 0.3 is 5.97 Å². The number of carbonyl (C=O) groups excluding carboxylic acids is 1. The predicted molar refractivity (Wildman–Crippen MR) is 67.5 cm³/mol. The second-order valence-electron chi connectivity index (χ2n) is 2.99. The Balaban J connectivity index is 2.49. The van der Waals surface area contributed by atoms with E-state index in [0.29, 0.717) is 5.75 Å². The van der Waals surface area contributed by atoms with Gasteiger partial charge in [0.1, 0.15) is 6.04 Å². The molecule has 1 N–H and O–H groups in total. The highest BCUT2D eigenvalue weighted by Crippen LogP contribution is 2.18. The molecule has 1 atom stereocenters. The Hall–Kier alpha value is -0.590. The molecule has 1 aromatic heterocycles. The SMILES string of the molecule is CNC(CSc1ccc(Br)cn1)C(=O)OC. The van der Waals surface area contributed by atoms with Gasteiger partial charge in [0.05, 0.1) is 12.1 Å². The number of pyridine rings is 1. The summed E-state index contributed by atoms with van der Waals surface area (Å²) in [6.45, 7) is 0. The second-order valence-corrected chi connectivity index (χ2v) is 4.95. The molecule has 4 nitrogen and oxygen atoms in total. The van der Waals surface area contributed by atoms with Gasteiger partial charge in [0.2, 0.25) is 0 Å². The molecule has 0 amide bonds. The Morgan fingerprint density at radius 3 is 2.94 bits per heavy atom. The first-order valence-electron chi connectivity index (χ1n) is 4.67. The molecule has 16 heavy (non-hydrogen) atoms. The van der Waals surface area contributed by atoms with Gasteiger partial charge in [-0.3, -0.25) is 4.79 Å². The lowest BCUT2D eigenvalue weighted by Crippen LogP contribution is -2.37. The van der Waals surface area contributed by atoms with E-state index in [-0.39, 0.29) is 12.0 Å². The van der Waals surface area contributed by atoms with Gasteiger partial charge in [0, 0.05) is 16.4 Å². The van der Waals surface area contributed by atoms with Crippen LogP contribution in [0.3, 0.4) is 0 Å². The number of carbonyl (C=O) groups is 1. The quantitative estimate of drug-likeness (QED) is 0.663. The molecule has 6 heteroatoms. The van der Waals surface area contributed by atoms with E-state index in [1.807, 2.05) is 12.1 Å². The zero-order chi connectivity index (χ0) is 12.0. The summed E-state index contributed by atoms with van der Waals surface area (Å²) in [5, 5.41) is 3.78. The van der Waals surface area contributed by atoms with Crippen molar-refractivity contribution in [3.63, 3.8) is 0 Å². The van der Waals surface area contributed by atoms with Crippen molar-refractivity contribution in [2.75, 3.05) is 19.9 Å². The number of rotatable bonds is 5. The zero-order valence-corrected chi connectivity index (χ0v) is 11.5. The van der Waals surface area contributed by atoms with Crippen molar-refractivity contribution >= 4 is 33.7 Å². The third kappa shape index (κ3) is 4.11. The van der Waals surface area contributed by atoms with E-state index >= 15 is 0 Å². The lowest BCUT2D eigenvalue weighted by Gasteiger charge is -2.12. The lowest BCUT2D eigenvalue weighted by molar-refractivity contribution is -0.142. The number of nitrogens with one attached hydrogen (secondary N) is 1. The maximum atomic E-state index is 11.3. The fourth-order valence-corrected chi connectivity index (χ4v) is 2.19. The molecule has 0 aliphatic carbocycles. The van der Waals surface area contributed by atoms with Gasteiger partial charge in [-0.2, -0.15) is 0 Å². The van der Waals surface area contributed by atoms with Gasteiger partial charge in [-0.25, -0.2) is 4.98 Å². The fraction of sp³-hybridized carbons (Fsp3) is 0.400. The molecule has 1 aromatic rings. The van der Waals surface area contributed by atoms with Crippen LogP contribution in [0.15, 0.2) is 27.8 Å². The molecule has 1 heterocycles. The third-order valence-electron chi connectivity index (χ3n) is 1.93. The van der Waals surface area contributed by atoms with Gasteiger partial charge < -0.3 is 10.1 Å². The van der Waals surface area contributed by atoms with E-state index in [1.165, 1.54) is 18.9 Å². The minimum atomic E-state index is -0.305. The Morgan fingerprint density at radius 2 is 2.44 bits per heavy atom. The number of thioether (sulfide) groups is 1. The van der Waals surface area contributed by atoms with Crippen molar-refractivity contribution in [1.82, 2.24) is 10.3 Å². The largest absolute Gasteiger partial charge is 0.468 e. The van der Waals surface area contributed by atoms with Gasteiger partial charge in [0.15, 0.2) is 0 Å². The Kier molecular flexibility index (Phi) is 5.79. The van der Waals surface area contributed by atoms with Gasteiger partial charge in [0.25, 0.3) is 0 Å². The first kappa shape index (κ1) is 13.5. The van der Waals surface area contributed by atoms with Crippen LogP contribution in [0.1, 0.15) is 0 Å². The van der Waals surface area contributed by atoms with Crippen LogP contribution >= 0.6 is 27.7 Å². The lowest BCUT2D eigenvalue weighted by atomic mass is 10.3. The van der Waals surface area contributed by atoms with Crippen LogP contribution in [0.5, 0.6) is 0 Å². The normalized spacial score (nSPS) is 12.2. The van der Waals surface area contributed by atoms with Gasteiger partial charge in [-0.1, -0.05) is 0 Å². The van der Waals surface area contributed by atoms with Crippen LogP contribution in [0, 0.1) is 0 Å². The summed E-state index contributed by atoms with van der Waals surface area (Å²) >= 11 is 4.83. The van der Waals surface area contributed by atoms with Crippen LogP contribution in [-0.4, -0.2) is 36.9 Å². The smallest absolute Gasteiger partial charge is 0.323 e. The molecule has 0 spiro atoms. The summed E-state index contributed by atoms with van der Waals surface area (Å²) in [5.41, 5.74) is 0. The molecule has 0 bridgehead atoms. The van der Waals surface area contributed by atoms with Gasteiger partial charge in [-0.05, 0) is 35.1 Å². The maximum absolute atomic E-state index is 11.3. The average molecular weight is 305 g/mol. The maximum Gasteiger partial charge on any atom is 0.323 e. The Labute approximate surface area is 107 Å². The number of esters is 1. The zero-order valence-electron chi connectivity index (χ0n) is 9.07. The van der Waals surface area contributed by atoms with Crippen LogP contribution < -0.4 is 5.32 Å². The Morgan fingerprint density at radius 1 is 1.69 bits per heavy atom. The molecule has 0 fully saturated rings. The Bertz CT molecular complexity index is 345. The number of likely N-dealkylation sites (N-methyl/N-ethyl adjacent to an activating group) is 1. The van der Waals surface area contributed by atoms with E-state index < -0.39 is 0 Å². The highest BCUT2D eigenvalue weighted by molar-refractivity contribution is 9.10. The van der Waals surface area contributed by atoms with Crippen molar-refractivity contribution < 1.29 is 9.53 Å². The highest BCUT2D eigenvalue weighted by Gasteiger charge is 2.16. The predicted octanol–water partition coefficient (Wildman–Crippen LogP) is 1.70. The molecule has 1 rings (SSSR count). The first-order valence-corrected chi connectivity index (χ1v) is 6.44. The number of nitrogens with zero attached hydrogens (tertiary/aromatic N) is 1. The number of methoxy groups -OCH3 is 1. The minimum absolute atomic E-state index is 0.257. The van der Waals surface area contributed by atoms with Crippen LogP contribution in [0.2, 0.25) is 0 Å². The molecule has 0 saturated heterocycles. The van der Waals surface area contributed by atoms with Crippen molar-refractivity contribution in [1.29, 1.82) is 0 Å². The van der Waals surface area contributed by atoms with Gasteiger partial charge in [-0.15, -0.1) is 11.8 Å². The van der Waals surface area contributed by atoms with Crippen LogP contribution in [0.25, 0.3) is 0 Å². The van der Waals surface area contributed by atoms with Crippen molar-refractivity contribution in [3.8, 4) is 0 Å². The summed E-state index contributed by atoms with van der Waals surface area (Å²) in [7, 11) is 3.12. The number of ether oxygens (including phenoxy) is 1. The van der Waals surface area contributed by atoms with Crippen LogP contribution in [0.4, 0.5) is 0 Å². The molecule has 0 saturated carbocycles. The minimum Gasteiger partial charge on any atom is -0.468 e. The van der Waals surface area contributed by atoms with Crippen LogP contribution in [-0.2, 0) is 9.53 Å². The molecule has 0 aromatic carbocycles. The molecule has 88 valence electrons.